The minimum atomic E-state index is -0.807. The van der Waals surface area contributed by atoms with Crippen molar-refractivity contribution >= 4 is 12.1 Å². The third-order valence-corrected chi connectivity index (χ3v) is 6.22. The lowest BCUT2D eigenvalue weighted by Gasteiger charge is -2.27. The first-order chi connectivity index (χ1) is 16.6. The highest BCUT2D eigenvalue weighted by atomic mass is 16.6. The van der Waals surface area contributed by atoms with Gasteiger partial charge in [0.2, 0.25) is 0 Å². The van der Waals surface area contributed by atoms with Gasteiger partial charge in [-0.1, -0.05) is 51.1 Å². The van der Waals surface area contributed by atoms with Gasteiger partial charge in [-0.3, -0.25) is 9.78 Å². The quantitative estimate of drug-likeness (QED) is 0.358. The number of aliphatic hydroxyl groups is 1. The minimum absolute atomic E-state index is 0.0152. The standard InChI is InChI=1S/C28H40N2O5/c1-19(24-12-7-8-17-29-24)10-9-11-21(3)27-22(4)14-16-25(34-28(33)30(5)6)20(2)13-15-23(31)18-26(32)35-27/h7-12,14,16-17,19-20,22-23,25,27,31H,13,15,18H2,1-6H3/b10-9+,16-14-,21-11+/t19-,20+,22+,23-,25+,27-/m1/s1. The van der Waals surface area contributed by atoms with E-state index in [0.29, 0.717) is 12.8 Å². The summed E-state index contributed by atoms with van der Waals surface area (Å²) < 4.78 is 11.5. The Bertz CT molecular complexity index is 909. The molecule has 1 N–H and O–H groups in total. The molecule has 7 nitrogen and oxygen atoms in total. The number of aromatic nitrogens is 1. The number of rotatable bonds is 5. The van der Waals surface area contributed by atoms with Crippen molar-refractivity contribution in [1.82, 2.24) is 9.88 Å². The van der Waals surface area contributed by atoms with Crippen molar-refractivity contribution in [3.63, 3.8) is 0 Å². The molecule has 0 radical (unpaired) electrons. The molecule has 1 amide bonds. The third-order valence-electron chi connectivity index (χ3n) is 6.22. The number of aliphatic hydroxyl groups excluding tert-OH is 1. The Kier molecular flexibility index (Phi) is 11.2. The third kappa shape index (κ3) is 9.32. The van der Waals surface area contributed by atoms with Gasteiger partial charge in [-0.2, -0.15) is 0 Å². The first-order valence-corrected chi connectivity index (χ1v) is 12.3. The summed E-state index contributed by atoms with van der Waals surface area (Å²) in [5.74, 6) is -0.468. The Labute approximate surface area is 209 Å². The Morgan fingerprint density at radius 2 is 2.00 bits per heavy atom. The number of carbonyl (C=O) groups is 2. The van der Waals surface area contributed by atoms with Crippen LogP contribution in [0.15, 0.2) is 60.3 Å². The molecular weight excluding hydrogens is 444 g/mol. The van der Waals surface area contributed by atoms with Crippen molar-refractivity contribution < 1.29 is 24.2 Å². The van der Waals surface area contributed by atoms with Gasteiger partial charge >= 0.3 is 12.1 Å². The number of nitrogens with zero attached hydrogens (tertiary/aromatic N) is 2. The SMILES string of the molecule is C/C(=C\C=C\[C@@H](C)c1ccccn1)[C@H]1OC(=O)C[C@H](O)CC[C@H](C)[C@@H](OC(=O)N(C)C)/C=C\[C@@H]1C. The number of allylic oxidation sites excluding steroid dienone is 3. The lowest BCUT2D eigenvalue weighted by atomic mass is 9.92. The second-order valence-corrected chi connectivity index (χ2v) is 9.65. The van der Waals surface area contributed by atoms with E-state index in [4.69, 9.17) is 9.47 Å². The maximum absolute atomic E-state index is 12.6. The first-order valence-electron chi connectivity index (χ1n) is 12.3. The van der Waals surface area contributed by atoms with Gasteiger partial charge in [0.25, 0.3) is 0 Å². The molecule has 7 heteroatoms. The van der Waals surface area contributed by atoms with E-state index < -0.39 is 30.4 Å². The van der Waals surface area contributed by atoms with Crippen molar-refractivity contribution in [1.29, 1.82) is 0 Å². The molecule has 0 saturated heterocycles. The van der Waals surface area contributed by atoms with E-state index in [9.17, 15) is 14.7 Å². The van der Waals surface area contributed by atoms with Crippen LogP contribution in [-0.4, -0.2) is 59.5 Å². The molecule has 1 aliphatic rings. The van der Waals surface area contributed by atoms with E-state index >= 15 is 0 Å². The Morgan fingerprint density at radius 1 is 1.26 bits per heavy atom. The molecule has 192 valence electrons. The summed E-state index contributed by atoms with van der Waals surface area (Å²) >= 11 is 0. The van der Waals surface area contributed by atoms with Crippen LogP contribution < -0.4 is 0 Å². The number of hydrogen-bond donors (Lipinski definition) is 1. The molecule has 1 aliphatic heterocycles. The van der Waals surface area contributed by atoms with Crippen LogP contribution in [-0.2, 0) is 14.3 Å². The van der Waals surface area contributed by atoms with Crippen LogP contribution in [0.2, 0.25) is 0 Å². The van der Waals surface area contributed by atoms with Gasteiger partial charge in [0.1, 0.15) is 12.2 Å². The van der Waals surface area contributed by atoms with Crippen LogP contribution in [0.5, 0.6) is 0 Å². The molecule has 0 fully saturated rings. The van der Waals surface area contributed by atoms with E-state index in [0.717, 1.165) is 11.3 Å². The van der Waals surface area contributed by atoms with Crippen LogP contribution in [0, 0.1) is 11.8 Å². The average molecular weight is 485 g/mol. The summed E-state index contributed by atoms with van der Waals surface area (Å²) in [4.78, 5) is 30.5. The smallest absolute Gasteiger partial charge is 0.409 e. The summed E-state index contributed by atoms with van der Waals surface area (Å²) in [6.07, 6.45) is 10.3. The molecule has 0 bridgehead atoms. The highest BCUT2D eigenvalue weighted by Gasteiger charge is 2.27. The fourth-order valence-corrected chi connectivity index (χ4v) is 3.88. The molecule has 6 atom stereocenters. The summed E-state index contributed by atoms with van der Waals surface area (Å²) in [6, 6.07) is 5.84. The summed E-state index contributed by atoms with van der Waals surface area (Å²) in [7, 11) is 3.29. The molecule has 0 saturated carbocycles. The lowest BCUT2D eigenvalue weighted by molar-refractivity contribution is -0.151. The molecule has 0 aromatic carbocycles. The van der Waals surface area contributed by atoms with E-state index in [1.165, 1.54) is 4.90 Å². The molecular formula is C28H40N2O5. The molecule has 1 aromatic heterocycles. The number of cyclic esters (lactones) is 1. The van der Waals surface area contributed by atoms with E-state index in [1.54, 1.807) is 20.3 Å². The Morgan fingerprint density at radius 3 is 2.66 bits per heavy atom. The normalized spacial score (nSPS) is 28.4. The van der Waals surface area contributed by atoms with E-state index in [2.05, 4.69) is 11.9 Å². The molecule has 1 aromatic rings. The largest absolute Gasteiger partial charge is 0.457 e. The van der Waals surface area contributed by atoms with Crippen LogP contribution >= 0.6 is 0 Å². The number of esters is 1. The summed E-state index contributed by atoms with van der Waals surface area (Å²) in [6.45, 7) is 7.94. The van der Waals surface area contributed by atoms with E-state index in [-0.39, 0.29) is 24.2 Å². The molecule has 2 heterocycles. The second-order valence-electron chi connectivity index (χ2n) is 9.65. The van der Waals surface area contributed by atoms with Crippen molar-refractivity contribution in [2.24, 2.45) is 11.8 Å². The number of hydrogen-bond acceptors (Lipinski definition) is 6. The Hall–Kier alpha value is -2.93. The predicted molar refractivity (Wildman–Crippen MR) is 137 cm³/mol. The van der Waals surface area contributed by atoms with Gasteiger partial charge < -0.3 is 19.5 Å². The number of ether oxygens (including phenoxy) is 2. The maximum atomic E-state index is 12.6. The molecule has 35 heavy (non-hydrogen) atoms. The first kappa shape index (κ1) is 28.3. The number of amides is 1. The maximum Gasteiger partial charge on any atom is 0.409 e. The minimum Gasteiger partial charge on any atom is -0.457 e. The summed E-state index contributed by atoms with van der Waals surface area (Å²) in [5, 5.41) is 10.4. The lowest BCUT2D eigenvalue weighted by Crippen LogP contribution is -2.32. The fraction of sp³-hybridized carbons (Fsp3) is 0.536. The van der Waals surface area contributed by atoms with Crippen LogP contribution in [0.4, 0.5) is 4.79 Å². The molecule has 0 spiro atoms. The van der Waals surface area contributed by atoms with Crippen LogP contribution in [0.1, 0.15) is 58.6 Å². The summed E-state index contributed by atoms with van der Waals surface area (Å²) in [5.41, 5.74) is 1.85. The zero-order valence-corrected chi connectivity index (χ0v) is 21.8. The Balaban J connectivity index is 2.25. The van der Waals surface area contributed by atoms with E-state index in [1.807, 2.05) is 69.4 Å². The molecule has 2 rings (SSSR count). The number of carbonyl (C=O) groups excluding carboxylic acids is 2. The van der Waals surface area contributed by atoms with Gasteiger partial charge in [0.15, 0.2) is 0 Å². The predicted octanol–water partition coefficient (Wildman–Crippen LogP) is 5.04. The highest BCUT2D eigenvalue weighted by Crippen LogP contribution is 2.25. The van der Waals surface area contributed by atoms with Crippen LogP contribution in [0.3, 0.4) is 0 Å². The zero-order valence-electron chi connectivity index (χ0n) is 21.8. The van der Waals surface area contributed by atoms with Crippen LogP contribution in [0.25, 0.3) is 0 Å². The zero-order chi connectivity index (χ0) is 26.0. The van der Waals surface area contributed by atoms with Gasteiger partial charge in [-0.15, -0.1) is 0 Å². The average Bonchev–Trinajstić information content (AvgIpc) is 2.82. The molecule has 0 unspecified atom stereocenters. The van der Waals surface area contributed by atoms with Crippen molar-refractivity contribution in [3.05, 3.63) is 66.0 Å². The van der Waals surface area contributed by atoms with Gasteiger partial charge in [0, 0.05) is 37.8 Å². The topological polar surface area (TPSA) is 89.0 Å². The van der Waals surface area contributed by atoms with Crippen molar-refractivity contribution in [2.75, 3.05) is 14.1 Å². The highest BCUT2D eigenvalue weighted by molar-refractivity contribution is 5.70. The number of pyridine rings is 1. The van der Waals surface area contributed by atoms with Crippen molar-refractivity contribution in [3.8, 4) is 0 Å². The van der Waals surface area contributed by atoms with Gasteiger partial charge in [-0.05, 0) is 49.5 Å². The monoisotopic (exact) mass is 484 g/mol. The fourth-order valence-electron chi connectivity index (χ4n) is 3.88. The van der Waals surface area contributed by atoms with Gasteiger partial charge in [-0.25, -0.2) is 4.79 Å². The van der Waals surface area contributed by atoms with Crippen molar-refractivity contribution in [2.45, 2.75) is 71.2 Å². The second kappa shape index (κ2) is 13.8. The molecule has 0 aliphatic carbocycles. The van der Waals surface area contributed by atoms with Gasteiger partial charge in [0.05, 0.1) is 12.5 Å².